The van der Waals surface area contributed by atoms with E-state index in [0.29, 0.717) is 40.0 Å². The fourth-order valence-corrected chi connectivity index (χ4v) is 3.05. The average molecular weight is 431 g/mol. The zero-order valence-electron chi connectivity index (χ0n) is 16.5. The van der Waals surface area contributed by atoms with Gasteiger partial charge in [0, 0.05) is 5.56 Å². The molecule has 1 N–H and O–H groups in total. The zero-order valence-corrected chi connectivity index (χ0v) is 17.3. The molecule has 0 atom stereocenters. The Morgan fingerprint density at radius 1 is 1.26 bits per heavy atom. The number of methoxy groups -OCH3 is 1. The summed E-state index contributed by atoms with van der Waals surface area (Å²) in [5.74, 6) is 2.38. The number of furan rings is 1. The van der Waals surface area contributed by atoms with Crippen molar-refractivity contribution in [3.8, 4) is 29.2 Å². The van der Waals surface area contributed by atoms with Crippen molar-refractivity contribution in [2.75, 3.05) is 7.11 Å². The molecule has 0 radical (unpaired) electrons. The van der Waals surface area contributed by atoms with Crippen molar-refractivity contribution in [2.24, 2.45) is 5.10 Å². The number of rotatable bonds is 7. The molecule has 2 aromatic carbocycles. The molecule has 0 amide bonds. The van der Waals surface area contributed by atoms with Gasteiger partial charge < -0.3 is 13.9 Å². The minimum atomic E-state index is 0.291. The molecule has 4 rings (SSSR count). The van der Waals surface area contributed by atoms with Crippen molar-refractivity contribution in [2.45, 2.75) is 6.61 Å². The van der Waals surface area contributed by atoms with Crippen LogP contribution in [-0.4, -0.2) is 28.2 Å². The van der Waals surface area contributed by atoms with Gasteiger partial charge in [0.1, 0.15) is 18.1 Å². The predicted molar refractivity (Wildman–Crippen MR) is 117 cm³/mol. The second-order valence-electron chi connectivity index (χ2n) is 6.38. The molecule has 31 heavy (non-hydrogen) atoms. The van der Waals surface area contributed by atoms with Crippen LogP contribution in [0.25, 0.3) is 11.6 Å². The van der Waals surface area contributed by atoms with Crippen LogP contribution in [-0.2, 0) is 6.61 Å². The Morgan fingerprint density at radius 3 is 2.81 bits per heavy atom. The maximum absolute atomic E-state index is 8.90. The quantitative estimate of drug-likeness (QED) is 0.340. The predicted octanol–water partition coefficient (Wildman–Crippen LogP) is 4.54. The van der Waals surface area contributed by atoms with Gasteiger partial charge in [0.05, 0.1) is 31.2 Å². The molecular formula is C22H17N5O3S. The van der Waals surface area contributed by atoms with Crippen LogP contribution >= 0.6 is 12.2 Å². The highest BCUT2D eigenvalue weighted by Crippen LogP contribution is 2.22. The molecule has 0 aliphatic rings. The van der Waals surface area contributed by atoms with E-state index in [2.05, 4.69) is 21.4 Å². The van der Waals surface area contributed by atoms with Crippen LogP contribution in [0, 0.1) is 16.1 Å². The maximum atomic E-state index is 8.90. The number of aromatic nitrogens is 3. The molecule has 2 heterocycles. The van der Waals surface area contributed by atoms with E-state index in [-0.39, 0.29) is 0 Å². The van der Waals surface area contributed by atoms with Gasteiger partial charge in [0.25, 0.3) is 0 Å². The van der Waals surface area contributed by atoms with Crippen LogP contribution in [0.4, 0.5) is 0 Å². The molecule has 0 unspecified atom stereocenters. The van der Waals surface area contributed by atoms with Crippen molar-refractivity contribution in [3.05, 3.63) is 82.3 Å². The van der Waals surface area contributed by atoms with Crippen LogP contribution in [0.2, 0.25) is 0 Å². The van der Waals surface area contributed by atoms with Crippen molar-refractivity contribution >= 4 is 18.4 Å². The van der Waals surface area contributed by atoms with E-state index < -0.39 is 0 Å². The van der Waals surface area contributed by atoms with E-state index in [1.165, 1.54) is 4.68 Å². The highest BCUT2D eigenvalue weighted by Gasteiger charge is 2.11. The Bertz CT molecular complexity index is 1300. The lowest BCUT2D eigenvalue weighted by atomic mass is 10.1. The van der Waals surface area contributed by atoms with E-state index in [1.54, 1.807) is 56.0 Å². The fraction of sp³-hybridized carbons (Fsp3) is 0.0909. The van der Waals surface area contributed by atoms with Gasteiger partial charge in [-0.1, -0.05) is 0 Å². The van der Waals surface area contributed by atoms with E-state index in [9.17, 15) is 0 Å². The summed E-state index contributed by atoms with van der Waals surface area (Å²) < 4.78 is 18.5. The third-order valence-electron chi connectivity index (χ3n) is 4.40. The standard InChI is InChI=1S/C22H17N5O3S/c1-28-19-9-6-16(11-17(19)14-30-18-7-4-15(12-23)5-8-18)13-24-27-21(25-26-22(27)31)20-3-2-10-29-20/h2-11,13H,14H2,1H3,(H,26,31)/b24-13-. The summed E-state index contributed by atoms with van der Waals surface area (Å²) in [5.41, 5.74) is 2.25. The van der Waals surface area contributed by atoms with Crippen LogP contribution in [0.1, 0.15) is 16.7 Å². The highest BCUT2D eigenvalue weighted by molar-refractivity contribution is 7.71. The molecule has 8 nitrogen and oxygen atoms in total. The number of hydrogen-bond acceptors (Lipinski definition) is 7. The van der Waals surface area contributed by atoms with Gasteiger partial charge in [0.2, 0.25) is 10.6 Å². The first kappa shape index (κ1) is 20.1. The van der Waals surface area contributed by atoms with Gasteiger partial charge in [-0.25, -0.2) is 5.10 Å². The molecule has 0 aliphatic heterocycles. The van der Waals surface area contributed by atoms with Crippen molar-refractivity contribution in [3.63, 3.8) is 0 Å². The Kier molecular flexibility index (Phi) is 5.91. The topological polar surface area (TPSA) is 101 Å². The van der Waals surface area contributed by atoms with Crippen LogP contribution < -0.4 is 9.47 Å². The lowest BCUT2D eigenvalue weighted by Gasteiger charge is -2.11. The maximum Gasteiger partial charge on any atom is 0.219 e. The molecule has 0 saturated carbocycles. The Balaban J connectivity index is 1.56. The number of ether oxygens (including phenoxy) is 2. The van der Waals surface area contributed by atoms with Crippen molar-refractivity contribution in [1.82, 2.24) is 14.9 Å². The van der Waals surface area contributed by atoms with Crippen LogP contribution in [0.15, 0.2) is 70.4 Å². The van der Waals surface area contributed by atoms with E-state index in [4.69, 9.17) is 31.4 Å². The second-order valence-corrected chi connectivity index (χ2v) is 6.77. The first-order valence-electron chi connectivity index (χ1n) is 9.23. The zero-order chi connectivity index (χ0) is 21.6. The Labute approximate surface area is 183 Å². The SMILES string of the molecule is COc1ccc(/C=N\n2c(-c3ccco3)n[nH]c2=S)cc1COc1ccc(C#N)cc1. The first-order valence-corrected chi connectivity index (χ1v) is 9.64. The number of H-pyrrole nitrogens is 1. The Morgan fingerprint density at radius 2 is 2.10 bits per heavy atom. The summed E-state index contributed by atoms with van der Waals surface area (Å²) in [5, 5.41) is 20.2. The summed E-state index contributed by atoms with van der Waals surface area (Å²) in [6.07, 6.45) is 3.23. The highest BCUT2D eigenvalue weighted by atomic mass is 32.1. The molecule has 0 spiro atoms. The molecule has 0 fully saturated rings. The largest absolute Gasteiger partial charge is 0.496 e. The number of benzene rings is 2. The third kappa shape index (κ3) is 4.55. The van der Waals surface area contributed by atoms with Crippen LogP contribution in [0.5, 0.6) is 11.5 Å². The van der Waals surface area contributed by atoms with Gasteiger partial charge in [-0.2, -0.15) is 15.0 Å². The molecule has 0 bridgehead atoms. The molecule has 0 aliphatic carbocycles. The third-order valence-corrected chi connectivity index (χ3v) is 4.66. The molecular weight excluding hydrogens is 414 g/mol. The minimum Gasteiger partial charge on any atom is -0.496 e. The molecule has 0 saturated heterocycles. The molecule has 4 aromatic rings. The summed E-state index contributed by atoms with van der Waals surface area (Å²) in [7, 11) is 1.61. The normalized spacial score (nSPS) is 10.8. The second kappa shape index (κ2) is 9.11. The van der Waals surface area contributed by atoms with Gasteiger partial charge in [-0.15, -0.1) is 5.10 Å². The molecule has 154 valence electrons. The fourth-order valence-electron chi connectivity index (χ4n) is 2.87. The smallest absolute Gasteiger partial charge is 0.219 e. The monoisotopic (exact) mass is 431 g/mol. The van der Waals surface area contributed by atoms with Gasteiger partial charge in [0.15, 0.2) is 5.76 Å². The van der Waals surface area contributed by atoms with E-state index >= 15 is 0 Å². The number of nitriles is 1. The summed E-state index contributed by atoms with van der Waals surface area (Å²) in [6, 6.07) is 18.2. The molecule has 2 aromatic heterocycles. The van der Waals surface area contributed by atoms with E-state index in [0.717, 1.165) is 11.1 Å². The van der Waals surface area contributed by atoms with Crippen LogP contribution in [0.3, 0.4) is 0 Å². The number of aromatic amines is 1. The summed E-state index contributed by atoms with van der Waals surface area (Å²) in [6.45, 7) is 0.291. The van der Waals surface area contributed by atoms with Gasteiger partial charge in [-0.3, -0.25) is 0 Å². The lowest BCUT2D eigenvalue weighted by molar-refractivity contribution is 0.296. The number of nitrogens with one attached hydrogen (secondary N) is 1. The average Bonchev–Trinajstić information content (AvgIpc) is 3.46. The number of hydrogen-bond donors (Lipinski definition) is 1. The van der Waals surface area contributed by atoms with E-state index in [1.807, 2.05) is 18.2 Å². The van der Waals surface area contributed by atoms with Crippen molar-refractivity contribution < 1.29 is 13.9 Å². The first-order chi connectivity index (χ1) is 15.2. The minimum absolute atomic E-state index is 0.291. The molecule has 9 heteroatoms. The summed E-state index contributed by atoms with van der Waals surface area (Å²) >= 11 is 5.27. The van der Waals surface area contributed by atoms with Gasteiger partial charge in [-0.05, 0) is 72.4 Å². The number of nitrogens with zero attached hydrogens (tertiary/aromatic N) is 4. The summed E-state index contributed by atoms with van der Waals surface area (Å²) in [4.78, 5) is 0. The lowest BCUT2D eigenvalue weighted by Crippen LogP contribution is -2.01. The Hall–Kier alpha value is -4.16. The van der Waals surface area contributed by atoms with Gasteiger partial charge >= 0.3 is 0 Å². The van der Waals surface area contributed by atoms with Crippen molar-refractivity contribution in [1.29, 1.82) is 5.26 Å².